The second kappa shape index (κ2) is 8.14. The molecule has 0 aliphatic carbocycles. The summed E-state index contributed by atoms with van der Waals surface area (Å²) in [6, 6.07) is 12.6. The number of amides is 1. The monoisotopic (exact) mass is 373 g/mol. The predicted molar refractivity (Wildman–Crippen MR) is 99.3 cm³/mol. The Morgan fingerprint density at radius 2 is 1.88 bits per heavy atom. The van der Waals surface area contributed by atoms with Gasteiger partial charge in [-0.3, -0.25) is 4.79 Å². The number of ether oxygens (including phenoxy) is 3. The van der Waals surface area contributed by atoms with Crippen LogP contribution in [-0.2, 0) is 9.53 Å². The number of carbonyl (C=O) groups is 2. The Hall–Kier alpha value is -2.67. The van der Waals surface area contributed by atoms with Gasteiger partial charge in [-0.25, -0.2) is 4.79 Å². The third kappa shape index (κ3) is 3.62. The minimum Gasteiger partial charge on any atom is -0.493 e. The number of esters is 1. The number of hydrogen-bond acceptors (Lipinski definition) is 6. The van der Waals surface area contributed by atoms with Gasteiger partial charge in [0.1, 0.15) is 5.56 Å². The second-order valence-corrected chi connectivity index (χ2v) is 6.62. The van der Waals surface area contributed by atoms with Crippen LogP contribution in [0.25, 0.3) is 0 Å². The molecule has 1 amide bonds. The average molecular weight is 373 g/mol. The maximum atomic E-state index is 12.6. The Morgan fingerprint density at radius 3 is 2.65 bits per heavy atom. The summed E-state index contributed by atoms with van der Waals surface area (Å²) in [6.07, 6.45) is 0. The Balaban J connectivity index is 1.70. The van der Waals surface area contributed by atoms with E-state index >= 15 is 0 Å². The summed E-state index contributed by atoms with van der Waals surface area (Å²) in [4.78, 5) is 27.7. The van der Waals surface area contributed by atoms with Crippen molar-refractivity contribution < 1.29 is 23.8 Å². The molecule has 0 radical (unpaired) electrons. The number of anilines is 1. The van der Waals surface area contributed by atoms with Gasteiger partial charge < -0.3 is 19.1 Å². The van der Waals surface area contributed by atoms with Gasteiger partial charge in [0.15, 0.2) is 18.1 Å². The number of carbonyl (C=O) groups excluding carboxylic acids is 2. The predicted octanol–water partition coefficient (Wildman–Crippen LogP) is 3.00. The number of fused-ring (bicyclic) bond motifs is 1. The normalized spacial score (nSPS) is 12.9. The summed E-state index contributed by atoms with van der Waals surface area (Å²) >= 11 is 1.71. The van der Waals surface area contributed by atoms with E-state index in [1.54, 1.807) is 34.9 Å². The number of hydrogen-bond donors (Lipinski definition) is 0. The van der Waals surface area contributed by atoms with Crippen LogP contribution in [0.2, 0.25) is 0 Å². The highest BCUT2D eigenvalue weighted by Gasteiger charge is 2.24. The summed E-state index contributed by atoms with van der Waals surface area (Å²) in [6.45, 7) is 0.249. The van der Waals surface area contributed by atoms with Crippen LogP contribution in [0.4, 0.5) is 5.69 Å². The largest absolute Gasteiger partial charge is 0.493 e. The first-order valence-corrected chi connectivity index (χ1v) is 9.04. The minimum absolute atomic E-state index is 0.217. The van der Waals surface area contributed by atoms with Gasteiger partial charge in [0.25, 0.3) is 5.91 Å². The van der Waals surface area contributed by atoms with Crippen LogP contribution in [-0.4, -0.2) is 45.0 Å². The summed E-state index contributed by atoms with van der Waals surface area (Å²) in [7, 11) is 2.93. The van der Waals surface area contributed by atoms with Crippen LogP contribution in [0.5, 0.6) is 11.5 Å². The molecule has 26 heavy (non-hydrogen) atoms. The zero-order valence-corrected chi connectivity index (χ0v) is 15.4. The fraction of sp³-hybridized carbons (Fsp3) is 0.263. The number of benzene rings is 2. The Bertz CT molecular complexity index is 823. The molecule has 0 unspecified atom stereocenters. The van der Waals surface area contributed by atoms with Crippen molar-refractivity contribution in [2.24, 2.45) is 0 Å². The highest BCUT2D eigenvalue weighted by molar-refractivity contribution is 7.99. The quantitative estimate of drug-likeness (QED) is 0.751. The van der Waals surface area contributed by atoms with Gasteiger partial charge in [-0.2, -0.15) is 0 Å². The number of para-hydroxylation sites is 2. The zero-order valence-electron chi connectivity index (χ0n) is 14.6. The first-order chi connectivity index (χ1) is 12.7. The molecule has 7 heteroatoms. The molecule has 136 valence electrons. The van der Waals surface area contributed by atoms with Crippen molar-refractivity contribution in [3.8, 4) is 11.5 Å². The van der Waals surface area contributed by atoms with Gasteiger partial charge in [-0.1, -0.05) is 18.2 Å². The second-order valence-electron chi connectivity index (χ2n) is 5.48. The van der Waals surface area contributed by atoms with Crippen molar-refractivity contribution in [2.45, 2.75) is 4.90 Å². The molecule has 0 aromatic heterocycles. The van der Waals surface area contributed by atoms with Crippen molar-refractivity contribution >= 4 is 29.3 Å². The average Bonchev–Trinajstić information content (AvgIpc) is 2.70. The molecular weight excluding hydrogens is 354 g/mol. The van der Waals surface area contributed by atoms with Crippen LogP contribution < -0.4 is 14.4 Å². The molecule has 6 nitrogen and oxygen atoms in total. The third-order valence-electron chi connectivity index (χ3n) is 3.98. The lowest BCUT2D eigenvalue weighted by molar-refractivity contribution is -0.121. The van der Waals surface area contributed by atoms with Crippen LogP contribution in [0.3, 0.4) is 0 Å². The van der Waals surface area contributed by atoms with Gasteiger partial charge in [0.05, 0.1) is 19.9 Å². The molecule has 2 aromatic rings. The van der Waals surface area contributed by atoms with E-state index in [9.17, 15) is 9.59 Å². The topological polar surface area (TPSA) is 65.1 Å². The van der Waals surface area contributed by atoms with E-state index in [1.165, 1.54) is 14.2 Å². The lowest BCUT2D eigenvalue weighted by atomic mass is 10.2. The van der Waals surface area contributed by atoms with Crippen LogP contribution in [0.1, 0.15) is 10.4 Å². The number of thioether (sulfide) groups is 1. The van der Waals surface area contributed by atoms with Crippen molar-refractivity contribution in [3.63, 3.8) is 0 Å². The van der Waals surface area contributed by atoms with Gasteiger partial charge in [0, 0.05) is 17.2 Å². The number of methoxy groups -OCH3 is 2. The van der Waals surface area contributed by atoms with E-state index in [0.717, 1.165) is 16.3 Å². The Kier molecular flexibility index (Phi) is 5.68. The summed E-state index contributed by atoms with van der Waals surface area (Å²) < 4.78 is 15.6. The molecule has 0 saturated heterocycles. The zero-order chi connectivity index (χ0) is 18.5. The minimum atomic E-state index is -0.631. The molecule has 0 N–H and O–H groups in total. The van der Waals surface area contributed by atoms with Crippen molar-refractivity contribution in [2.75, 3.05) is 38.0 Å². The van der Waals surface area contributed by atoms with Gasteiger partial charge in [-0.15, -0.1) is 11.8 Å². The van der Waals surface area contributed by atoms with Crippen LogP contribution in [0.15, 0.2) is 47.4 Å². The first kappa shape index (κ1) is 18.1. The number of nitrogens with zero attached hydrogens (tertiary/aromatic N) is 1. The number of rotatable bonds is 5. The molecule has 3 rings (SSSR count). The Morgan fingerprint density at radius 1 is 1.08 bits per heavy atom. The lowest BCUT2D eigenvalue weighted by Crippen LogP contribution is -2.38. The van der Waals surface area contributed by atoms with E-state index < -0.39 is 5.97 Å². The molecule has 2 aromatic carbocycles. The van der Waals surface area contributed by atoms with Crippen LogP contribution in [0, 0.1) is 0 Å². The molecule has 0 saturated carbocycles. The van der Waals surface area contributed by atoms with E-state index in [2.05, 4.69) is 0 Å². The maximum Gasteiger partial charge on any atom is 0.342 e. The van der Waals surface area contributed by atoms with Gasteiger partial charge >= 0.3 is 5.97 Å². The first-order valence-electron chi connectivity index (χ1n) is 8.06. The summed E-state index contributed by atoms with van der Waals surface area (Å²) in [5.41, 5.74) is 1.07. The van der Waals surface area contributed by atoms with Crippen molar-refractivity contribution in [1.82, 2.24) is 0 Å². The van der Waals surface area contributed by atoms with E-state index in [1.807, 2.05) is 24.3 Å². The van der Waals surface area contributed by atoms with E-state index in [4.69, 9.17) is 14.2 Å². The summed E-state index contributed by atoms with van der Waals surface area (Å²) in [5.74, 6) is 0.629. The smallest absolute Gasteiger partial charge is 0.342 e. The molecule has 0 spiro atoms. The highest BCUT2D eigenvalue weighted by atomic mass is 32.2. The van der Waals surface area contributed by atoms with E-state index in [-0.39, 0.29) is 23.8 Å². The molecule has 1 aliphatic rings. The fourth-order valence-electron chi connectivity index (χ4n) is 2.76. The fourth-order valence-corrected chi connectivity index (χ4v) is 3.75. The van der Waals surface area contributed by atoms with Crippen molar-refractivity contribution in [1.29, 1.82) is 0 Å². The highest BCUT2D eigenvalue weighted by Crippen LogP contribution is 2.34. The summed E-state index contributed by atoms with van der Waals surface area (Å²) in [5, 5.41) is 0. The van der Waals surface area contributed by atoms with Crippen molar-refractivity contribution in [3.05, 3.63) is 48.0 Å². The molecule has 0 fully saturated rings. The van der Waals surface area contributed by atoms with Crippen LogP contribution >= 0.6 is 11.8 Å². The molecule has 1 heterocycles. The Labute approximate surface area is 156 Å². The molecular formula is C19H19NO5S. The maximum absolute atomic E-state index is 12.6. The molecule has 0 bridgehead atoms. The SMILES string of the molecule is COc1cccc(C(=O)OCC(=O)N2CCSc3ccccc32)c1OC. The lowest BCUT2D eigenvalue weighted by Gasteiger charge is -2.28. The van der Waals surface area contributed by atoms with Gasteiger partial charge in [-0.05, 0) is 24.3 Å². The van der Waals surface area contributed by atoms with E-state index in [0.29, 0.717) is 12.3 Å². The van der Waals surface area contributed by atoms with Gasteiger partial charge in [0.2, 0.25) is 0 Å². The molecule has 0 atom stereocenters. The standard InChI is InChI=1S/C19H19NO5S/c1-23-15-8-5-6-13(18(15)24-2)19(22)25-12-17(21)20-10-11-26-16-9-4-3-7-14(16)20/h3-9H,10-12H2,1-2H3. The molecule has 1 aliphatic heterocycles. The third-order valence-corrected chi connectivity index (χ3v) is 5.02.